The van der Waals surface area contributed by atoms with Crippen molar-refractivity contribution in [3.63, 3.8) is 0 Å². The van der Waals surface area contributed by atoms with Crippen LogP contribution in [0.2, 0.25) is 0 Å². The molecule has 0 spiro atoms. The number of likely N-dealkylation sites (tertiary alicyclic amines) is 1. The van der Waals surface area contributed by atoms with Crippen LogP contribution < -0.4 is 5.32 Å². The van der Waals surface area contributed by atoms with Gasteiger partial charge in [-0.25, -0.2) is 8.78 Å². The predicted molar refractivity (Wildman–Crippen MR) is 107 cm³/mol. The lowest BCUT2D eigenvalue weighted by molar-refractivity contribution is 0.0692. The molecule has 2 heterocycles. The Morgan fingerprint density at radius 1 is 1.00 bits per heavy atom. The summed E-state index contributed by atoms with van der Waals surface area (Å²) in [6.45, 7) is 0.968. The molecule has 8 heteroatoms. The van der Waals surface area contributed by atoms with E-state index in [1.807, 2.05) is 0 Å². The number of nitrogens with zero attached hydrogens (tertiary/aromatic N) is 2. The highest BCUT2D eigenvalue weighted by Gasteiger charge is 2.26. The number of amides is 2. The standard InChI is InChI=1S/C22H20F2N4O2/c23-16-6-4-14(5-7-16)19-13-20(27-26-19)22(30)28-10-8-18(9-11-28)25-21(29)15-2-1-3-17(24)12-15/h1-7,12-13,18H,8-11H2,(H,25,29)(H,26,27). The first-order chi connectivity index (χ1) is 14.5. The van der Waals surface area contributed by atoms with Crippen LogP contribution in [-0.2, 0) is 0 Å². The van der Waals surface area contributed by atoms with Gasteiger partial charge in [0.1, 0.15) is 17.3 Å². The number of carbonyl (C=O) groups excluding carboxylic acids is 2. The second-order valence-electron chi connectivity index (χ2n) is 7.22. The van der Waals surface area contributed by atoms with E-state index in [1.165, 1.54) is 30.3 Å². The lowest BCUT2D eigenvalue weighted by Crippen LogP contribution is -2.46. The van der Waals surface area contributed by atoms with Crippen LogP contribution in [0.15, 0.2) is 54.6 Å². The average molecular weight is 410 g/mol. The fourth-order valence-corrected chi connectivity index (χ4v) is 3.50. The van der Waals surface area contributed by atoms with Gasteiger partial charge >= 0.3 is 0 Å². The number of hydrogen-bond donors (Lipinski definition) is 2. The van der Waals surface area contributed by atoms with Crippen LogP contribution in [0, 0.1) is 11.6 Å². The van der Waals surface area contributed by atoms with Crippen LogP contribution in [0.5, 0.6) is 0 Å². The van der Waals surface area contributed by atoms with E-state index in [9.17, 15) is 18.4 Å². The molecule has 1 aliphatic heterocycles. The van der Waals surface area contributed by atoms with Crippen molar-refractivity contribution in [1.29, 1.82) is 0 Å². The number of nitrogens with one attached hydrogen (secondary N) is 2. The lowest BCUT2D eigenvalue weighted by atomic mass is 10.0. The minimum Gasteiger partial charge on any atom is -0.349 e. The summed E-state index contributed by atoms with van der Waals surface area (Å²) in [6, 6.07) is 13.0. The van der Waals surface area contributed by atoms with E-state index in [-0.39, 0.29) is 29.2 Å². The summed E-state index contributed by atoms with van der Waals surface area (Å²) in [4.78, 5) is 26.7. The molecule has 0 saturated carbocycles. The third-order valence-corrected chi connectivity index (χ3v) is 5.15. The monoisotopic (exact) mass is 410 g/mol. The van der Waals surface area contributed by atoms with Crippen molar-refractivity contribution in [3.05, 3.63) is 77.5 Å². The molecule has 6 nitrogen and oxygen atoms in total. The van der Waals surface area contributed by atoms with Gasteiger partial charge in [-0.2, -0.15) is 5.10 Å². The Morgan fingerprint density at radius 3 is 2.43 bits per heavy atom. The fraction of sp³-hybridized carbons (Fsp3) is 0.227. The minimum absolute atomic E-state index is 0.0821. The molecule has 0 bridgehead atoms. The summed E-state index contributed by atoms with van der Waals surface area (Å²) in [5, 5.41) is 9.79. The fourth-order valence-electron chi connectivity index (χ4n) is 3.50. The Bertz CT molecular complexity index is 1060. The Labute approximate surface area is 171 Å². The Kier molecular flexibility index (Phi) is 5.56. The van der Waals surface area contributed by atoms with Crippen LogP contribution >= 0.6 is 0 Å². The van der Waals surface area contributed by atoms with Gasteiger partial charge in [0.25, 0.3) is 11.8 Å². The van der Waals surface area contributed by atoms with E-state index in [2.05, 4.69) is 15.5 Å². The van der Waals surface area contributed by atoms with Crippen molar-refractivity contribution in [2.75, 3.05) is 13.1 Å². The summed E-state index contributed by atoms with van der Waals surface area (Å²) in [5.41, 5.74) is 1.91. The number of benzene rings is 2. The molecular weight excluding hydrogens is 390 g/mol. The molecule has 0 radical (unpaired) electrons. The SMILES string of the molecule is O=C(NC1CCN(C(=O)c2cc(-c3ccc(F)cc3)n[nH]2)CC1)c1cccc(F)c1. The second kappa shape index (κ2) is 8.44. The number of aromatic nitrogens is 2. The normalized spacial score (nSPS) is 14.5. The number of piperidine rings is 1. The number of aromatic amines is 1. The van der Waals surface area contributed by atoms with Crippen LogP contribution in [0.3, 0.4) is 0 Å². The van der Waals surface area contributed by atoms with Crippen molar-refractivity contribution >= 4 is 11.8 Å². The number of hydrogen-bond acceptors (Lipinski definition) is 3. The highest BCUT2D eigenvalue weighted by Crippen LogP contribution is 2.20. The summed E-state index contributed by atoms with van der Waals surface area (Å²) < 4.78 is 26.4. The Morgan fingerprint density at radius 2 is 1.73 bits per heavy atom. The van der Waals surface area contributed by atoms with Crippen LogP contribution in [0.4, 0.5) is 8.78 Å². The number of halogens is 2. The van der Waals surface area contributed by atoms with E-state index >= 15 is 0 Å². The summed E-state index contributed by atoms with van der Waals surface area (Å²) in [5.74, 6) is -1.29. The molecule has 0 atom stereocenters. The third kappa shape index (κ3) is 4.37. The van der Waals surface area contributed by atoms with Crippen molar-refractivity contribution < 1.29 is 18.4 Å². The largest absolute Gasteiger partial charge is 0.349 e. The zero-order valence-electron chi connectivity index (χ0n) is 16.1. The molecule has 0 unspecified atom stereocenters. The molecule has 1 fully saturated rings. The highest BCUT2D eigenvalue weighted by molar-refractivity contribution is 5.95. The molecule has 2 aromatic carbocycles. The predicted octanol–water partition coefficient (Wildman–Crippen LogP) is 3.39. The van der Waals surface area contributed by atoms with Gasteiger partial charge in [-0.3, -0.25) is 14.7 Å². The first-order valence-electron chi connectivity index (χ1n) is 9.66. The molecule has 2 N–H and O–H groups in total. The highest BCUT2D eigenvalue weighted by atomic mass is 19.1. The van der Waals surface area contributed by atoms with Gasteiger partial charge in [-0.05, 0) is 61.4 Å². The zero-order valence-corrected chi connectivity index (χ0v) is 16.1. The topological polar surface area (TPSA) is 78.1 Å². The van der Waals surface area contributed by atoms with E-state index < -0.39 is 5.82 Å². The first kappa shape index (κ1) is 19.8. The summed E-state index contributed by atoms with van der Waals surface area (Å²) in [7, 11) is 0. The second-order valence-corrected chi connectivity index (χ2v) is 7.22. The number of carbonyl (C=O) groups is 2. The maximum absolute atomic E-state index is 13.3. The molecule has 1 saturated heterocycles. The first-order valence-corrected chi connectivity index (χ1v) is 9.66. The van der Waals surface area contributed by atoms with Crippen LogP contribution in [-0.4, -0.2) is 46.0 Å². The van der Waals surface area contributed by atoms with Crippen molar-refractivity contribution in [2.45, 2.75) is 18.9 Å². The molecule has 30 heavy (non-hydrogen) atoms. The van der Waals surface area contributed by atoms with Crippen molar-refractivity contribution in [3.8, 4) is 11.3 Å². The van der Waals surface area contributed by atoms with Crippen molar-refractivity contribution in [1.82, 2.24) is 20.4 Å². The summed E-state index contributed by atoms with van der Waals surface area (Å²) >= 11 is 0. The van der Waals surface area contributed by atoms with E-state index in [0.29, 0.717) is 42.9 Å². The van der Waals surface area contributed by atoms with Crippen LogP contribution in [0.25, 0.3) is 11.3 Å². The Balaban J connectivity index is 1.33. The quantitative estimate of drug-likeness (QED) is 0.692. The lowest BCUT2D eigenvalue weighted by Gasteiger charge is -2.32. The number of H-pyrrole nitrogens is 1. The zero-order chi connectivity index (χ0) is 21.1. The smallest absolute Gasteiger partial charge is 0.271 e. The molecule has 2 amide bonds. The van der Waals surface area contributed by atoms with E-state index in [1.54, 1.807) is 29.2 Å². The van der Waals surface area contributed by atoms with Gasteiger partial charge in [0.2, 0.25) is 0 Å². The minimum atomic E-state index is -0.456. The third-order valence-electron chi connectivity index (χ3n) is 5.15. The van der Waals surface area contributed by atoms with Crippen molar-refractivity contribution in [2.24, 2.45) is 0 Å². The van der Waals surface area contributed by atoms with Gasteiger partial charge < -0.3 is 10.2 Å². The van der Waals surface area contributed by atoms with Gasteiger partial charge in [-0.15, -0.1) is 0 Å². The molecule has 0 aliphatic carbocycles. The molecule has 154 valence electrons. The molecule has 1 aromatic heterocycles. The summed E-state index contributed by atoms with van der Waals surface area (Å²) in [6.07, 6.45) is 1.21. The molecule has 4 rings (SSSR count). The molecular formula is C22H20F2N4O2. The van der Waals surface area contributed by atoms with Gasteiger partial charge in [0.05, 0.1) is 5.69 Å². The van der Waals surface area contributed by atoms with Gasteiger partial charge in [0.15, 0.2) is 0 Å². The molecule has 3 aromatic rings. The van der Waals surface area contributed by atoms with Gasteiger partial charge in [0, 0.05) is 30.3 Å². The maximum Gasteiger partial charge on any atom is 0.271 e. The van der Waals surface area contributed by atoms with Gasteiger partial charge in [-0.1, -0.05) is 6.07 Å². The Hall–Kier alpha value is -3.55. The molecule has 1 aliphatic rings. The maximum atomic E-state index is 13.3. The van der Waals surface area contributed by atoms with E-state index in [4.69, 9.17) is 0 Å². The number of rotatable bonds is 4. The van der Waals surface area contributed by atoms with Crippen LogP contribution in [0.1, 0.15) is 33.7 Å². The average Bonchev–Trinajstić information content (AvgIpc) is 3.24. The van der Waals surface area contributed by atoms with E-state index in [0.717, 1.165) is 0 Å².